The molecule has 1 aromatic carbocycles. The van der Waals surface area contributed by atoms with Gasteiger partial charge in [0.2, 0.25) is 11.8 Å². The Morgan fingerprint density at radius 3 is 2.79 bits per heavy atom. The highest BCUT2D eigenvalue weighted by Gasteiger charge is 2.35. The summed E-state index contributed by atoms with van der Waals surface area (Å²) >= 11 is 0. The normalized spacial score (nSPS) is 22.2. The number of benzene rings is 1. The van der Waals surface area contributed by atoms with Crippen LogP contribution in [0.15, 0.2) is 24.3 Å². The van der Waals surface area contributed by atoms with Crippen LogP contribution in [0.2, 0.25) is 0 Å². The van der Waals surface area contributed by atoms with E-state index < -0.39 is 17.7 Å². The van der Waals surface area contributed by atoms with Crippen molar-refractivity contribution in [3.8, 4) is 0 Å². The second-order valence-corrected chi connectivity index (χ2v) is 7.31. The van der Waals surface area contributed by atoms with Gasteiger partial charge in [0.15, 0.2) is 0 Å². The molecule has 0 bridgehead atoms. The van der Waals surface area contributed by atoms with Gasteiger partial charge in [-0.1, -0.05) is 12.1 Å². The lowest BCUT2D eigenvalue weighted by Gasteiger charge is -2.18. The molecule has 2 aliphatic rings. The third-order valence-corrected chi connectivity index (χ3v) is 5.23. The minimum atomic E-state index is -4.41. The van der Waals surface area contributed by atoms with E-state index in [1.807, 2.05) is 0 Å². The topological polar surface area (TPSA) is 61.4 Å². The van der Waals surface area contributed by atoms with Gasteiger partial charge in [0.25, 0.3) is 0 Å². The Morgan fingerprint density at radius 2 is 2.11 bits per heavy atom. The van der Waals surface area contributed by atoms with Crippen LogP contribution < -0.4 is 10.6 Å². The zero-order valence-corrected chi connectivity index (χ0v) is 16.2. The SMILES string of the molecule is Cl.O=C(NCCC1CCNC1)C1CC(=O)N(Cc2cccc(C(F)(F)F)c2)C1. The highest BCUT2D eigenvalue weighted by atomic mass is 35.5. The smallest absolute Gasteiger partial charge is 0.356 e. The number of hydrogen-bond donors (Lipinski definition) is 2. The summed E-state index contributed by atoms with van der Waals surface area (Å²) in [5.74, 6) is -0.216. The molecule has 2 atom stereocenters. The van der Waals surface area contributed by atoms with E-state index in [-0.39, 0.29) is 43.7 Å². The number of rotatable bonds is 6. The zero-order valence-electron chi connectivity index (χ0n) is 15.4. The van der Waals surface area contributed by atoms with Crippen LogP contribution in [0.3, 0.4) is 0 Å². The predicted octanol–water partition coefficient (Wildman–Crippen LogP) is 2.59. The standard InChI is InChI=1S/C19H24F3N3O2.ClH/c20-19(21,22)16-3-1-2-14(8-16)11-25-12-15(9-17(25)26)18(27)24-7-5-13-4-6-23-10-13;/h1-3,8,13,15,23H,4-7,9-12H2,(H,24,27);1H. The first kappa shape index (κ1) is 22.5. The van der Waals surface area contributed by atoms with Crippen LogP contribution in [0.5, 0.6) is 0 Å². The highest BCUT2D eigenvalue weighted by Crippen LogP contribution is 2.30. The Morgan fingerprint density at radius 1 is 1.32 bits per heavy atom. The van der Waals surface area contributed by atoms with Crippen LogP contribution in [0, 0.1) is 11.8 Å². The van der Waals surface area contributed by atoms with Crippen molar-refractivity contribution in [3.05, 3.63) is 35.4 Å². The summed E-state index contributed by atoms with van der Waals surface area (Å²) in [7, 11) is 0. The number of carbonyl (C=O) groups is 2. The summed E-state index contributed by atoms with van der Waals surface area (Å²) in [5.41, 5.74) is -0.324. The minimum absolute atomic E-state index is 0. The molecule has 0 aromatic heterocycles. The average molecular weight is 420 g/mol. The van der Waals surface area contributed by atoms with Crippen LogP contribution in [0.1, 0.15) is 30.4 Å². The summed E-state index contributed by atoms with van der Waals surface area (Å²) in [6.45, 7) is 2.90. The van der Waals surface area contributed by atoms with Gasteiger partial charge < -0.3 is 15.5 Å². The average Bonchev–Trinajstić information content (AvgIpc) is 3.25. The van der Waals surface area contributed by atoms with Gasteiger partial charge >= 0.3 is 6.18 Å². The number of carbonyl (C=O) groups excluding carboxylic acids is 2. The Labute approximate surface area is 168 Å². The van der Waals surface area contributed by atoms with Crippen LogP contribution in [-0.2, 0) is 22.3 Å². The molecule has 2 unspecified atom stereocenters. The van der Waals surface area contributed by atoms with Gasteiger partial charge in [-0.25, -0.2) is 0 Å². The molecular weight excluding hydrogens is 395 g/mol. The predicted molar refractivity (Wildman–Crippen MR) is 101 cm³/mol. The van der Waals surface area contributed by atoms with E-state index in [4.69, 9.17) is 0 Å². The van der Waals surface area contributed by atoms with Crippen LogP contribution in [0.4, 0.5) is 13.2 Å². The quantitative estimate of drug-likeness (QED) is 0.745. The Hall–Kier alpha value is -1.80. The van der Waals surface area contributed by atoms with E-state index in [1.165, 1.54) is 11.0 Å². The Bertz CT molecular complexity index is 693. The number of alkyl halides is 3. The van der Waals surface area contributed by atoms with Gasteiger partial charge in [0.05, 0.1) is 11.5 Å². The monoisotopic (exact) mass is 419 g/mol. The lowest BCUT2D eigenvalue weighted by Crippen LogP contribution is -2.34. The van der Waals surface area contributed by atoms with Gasteiger partial charge in [-0.2, -0.15) is 13.2 Å². The molecule has 3 rings (SSSR count). The van der Waals surface area contributed by atoms with Crippen molar-refractivity contribution in [1.29, 1.82) is 0 Å². The molecule has 9 heteroatoms. The van der Waals surface area contributed by atoms with Crippen LogP contribution in [-0.4, -0.2) is 42.9 Å². The van der Waals surface area contributed by atoms with E-state index in [0.717, 1.165) is 38.1 Å². The van der Waals surface area contributed by atoms with E-state index in [9.17, 15) is 22.8 Å². The summed E-state index contributed by atoms with van der Waals surface area (Å²) in [6, 6.07) is 4.95. The maximum absolute atomic E-state index is 12.8. The third kappa shape index (κ3) is 5.85. The molecular formula is C19H25ClF3N3O2. The van der Waals surface area contributed by atoms with Gasteiger partial charge in [-0.3, -0.25) is 9.59 Å². The summed E-state index contributed by atoms with van der Waals surface area (Å²) < 4.78 is 38.5. The van der Waals surface area contributed by atoms with E-state index in [0.29, 0.717) is 18.0 Å². The number of amides is 2. The molecule has 0 aliphatic carbocycles. The van der Waals surface area contributed by atoms with Crippen molar-refractivity contribution < 1.29 is 22.8 Å². The summed E-state index contributed by atoms with van der Waals surface area (Å²) in [5, 5.41) is 6.17. The van der Waals surface area contributed by atoms with Crippen molar-refractivity contribution in [2.24, 2.45) is 11.8 Å². The molecule has 156 valence electrons. The molecule has 0 spiro atoms. The van der Waals surface area contributed by atoms with Gasteiger partial charge in [0.1, 0.15) is 0 Å². The number of halogens is 4. The second kappa shape index (κ2) is 9.60. The Balaban J connectivity index is 0.00000280. The molecule has 2 N–H and O–H groups in total. The number of likely N-dealkylation sites (tertiary alicyclic amines) is 1. The van der Waals surface area contributed by atoms with Crippen molar-refractivity contribution >= 4 is 24.2 Å². The number of hydrogen-bond acceptors (Lipinski definition) is 3. The molecule has 2 aliphatic heterocycles. The summed E-state index contributed by atoms with van der Waals surface area (Å²) in [4.78, 5) is 25.9. The summed E-state index contributed by atoms with van der Waals surface area (Å²) in [6.07, 6.45) is -2.28. The first-order chi connectivity index (χ1) is 12.8. The molecule has 2 saturated heterocycles. The minimum Gasteiger partial charge on any atom is -0.356 e. The van der Waals surface area contributed by atoms with Crippen LogP contribution in [0.25, 0.3) is 0 Å². The second-order valence-electron chi connectivity index (χ2n) is 7.31. The molecule has 2 amide bonds. The molecule has 0 radical (unpaired) electrons. The highest BCUT2D eigenvalue weighted by molar-refractivity contribution is 5.89. The lowest BCUT2D eigenvalue weighted by molar-refractivity contribution is -0.137. The number of nitrogens with one attached hydrogen (secondary N) is 2. The fraction of sp³-hybridized carbons (Fsp3) is 0.579. The molecule has 28 heavy (non-hydrogen) atoms. The van der Waals surface area contributed by atoms with E-state index in [2.05, 4.69) is 10.6 Å². The van der Waals surface area contributed by atoms with Gasteiger partial charge in [-0.15, -0.1) is 12.4 Å². The first-order valence-corrected chi connectivity index (χ1v) is 9.25. The van der Waals surface area contributed by atoms with Crippen molar-refractivity contribution in [3.63, 3.8) is 0 Å². The maximum atomic E-state index is 12.8. The van der Waals surface area contributed by atoms with Crippen LogP contribution >= 0.6 is 12.4 Å². The van der Waals surface area contributed by atoms with Crippen molar-refractivity contribution in [1.82, 2.24) is 15.5 Å². The molecule has 0 saturated carbocycles. The van der Waals surface area contributed by atoms with E-state index in [1.54, 1.807) is 6.07 Å². The van der Waals surface area contributed by atoms with Gasteiger partial charge in [0, 0.05) is 26.1 Å². The van der Waals surface area contributed by atoms with Crippen molar-refractivity contribution in [2.75, 3.05) is 26.2 Å². The third-order valence-electron chi connectivity index (χ3n) is 5.23. The fourth-order valence-electron chi connectivity index (χ4n) is 3.67. The largest absolute Gasteiger partial charge is 0.416 e. The first-order valence-electron chi connectivity index (χ1n) is 9.25. The van der Waals surface area contributed by atoms with Crippen molar-refractivity contribution in [2.45, 2.75) is 32.0 Å². The molecule has 2 fully saturated rings. The van der Waals surface area contributed by atoms with Gasteiger partial charge in [-0.05, 0) is 49.5 Å². The molecule has 2 heterocycles. The molecule has 1 aromatic rings. The molecule has 5 nitrogen and oxygen atoms in total. The Kier molecular flexibility index (Phi) is 7.71. The lowest BCUT2D eigenvalue weighted by atomic mass is 10.0. The van der Waals surface area contributed by atoms with E-state index >= 15 is 0 Å². The number of nitrogens with zero attached hydrogens (tertiary/aromatic N) is 1. The zero-order chi connectivity index (χ0) is 19.4. The fourth-order valence-corrected chi connectivity index (χ4v) is 3.67. The maximum Gasteiger partial charge on any atom is 0.416 e.